The summed E-state index contributed by atoms with van der Waals surface area (Å²) in [4.78, 5) is 10.5. The Kier molecular flexibility index (Phi) is 5.56. The molecule has 0 unspecified atom stereocenters. The molecule has 1 rings (SSSR count). The number of nitrogens with zero attached hydrogens (tertiary/aromatic N) is 1. The predicted molar refractivity (Wildman–Crippen MR) is 49.6 cm³/mol. The van der Waals surface area contributed by atoms with Crippen molar-refractivity contribution in [1.29, 1.82) is 5.26 Å². The van der Waals surface area contributed by atoms with Gasteiger partial charge in [-0.3, -0.25) is 0 Å². The Labute approximate surface area is 111 Å². The number of thioether (sulfide) groups is 1. The molecule has 0 fully saturated rings. The van der Waals surface area contributed by atoms with Crippen molar-refractivity contribution in [3.63, 3.8) is 0 Å². The Morgan fingerprint density at radius 3 is 2.57 bits per heavy atom. The molecule has 0 aromatic carbocycles. The van der Waals surface area contributed by atoms with Gasteiger partial charge in [0.1, 0.15) is 11.6 Å². The number of hydrogen-bond acceptors (Lipinski definition) is 6. The van der Waals surface area contributed by atoms with Crippen LogP contribution in [0.1, 0.15) is 15.2 Å². The fourth-order valence-corrected chi connectivity index (χ4v) is 2.50. The molecule has 7 heteroatoms. The minimum absolute atomic E-state index is 0. The SMILES string of the molecule is CSc1sc(C(=O)[O-])c(N)c1C#N.[Na+]. The van der Waals surface area contributed by atoms with Crippen molar-refractivity contribution in [3.05, 3.63) is 10.4 Å². The Morgan fingerprint density at radius 2 is 2.29 bits per heavy atom. The van der Waals surface area contributed by atoms with Gasteiger partial charge < -0.3 is 15.6 Å². The van der Waals surface area contributed by atoms with E-state index in [1.165, 1.54) is 11.8 Å². The summed E-state index contributed by atoms with van der Waals surface area (Å²) in [7, 11) is 0. The van der Waals surface area contributed by atoms with Gasteiger partial charge in [-0.1, -0.05) is 0 Å². The molecule has 2 N–H and O–H groups in total. The van der Waals surface area contributed by atoms with Crippen LogP contribution in [0.15, 0.2) is 4.21 Å². The quantitative estimate of drug-likeness (QED) is 0.445. The number of nitrogen functional groups attached to an aromatic ring is 1. The molecule has 1 aromatic rings. The number of carbonyl (C=O) groups is 1. The molecule has 4 nitrogen and oxygen atoms in total. The smallest absolute Gasteiger partial charge is 0.544 e. The number of nitriles is 1. The van der Waals surface area contributed by atoms with Crippen molar-refractivity contribution < 1.29 is 39.5 Å². The summed E-state index contributed by atoms with van der Waals surface area (Å²) in [6, 6.07) is 1.86. The second kappa shape index (κ2) is 5.63. The standard InChI is InChI=1S/C7H6N2O2S2.Na/c1-12-7-3(2-8)4(9)5(13-7)6(10)11;/h9H2,1H3,(H,10,11);/q;+1/p-1. The molecular weight excluding hydrogens is 231 g/mol. The molecule has 1 heterocycles. The molecule has 0 radical (unpaired) electrons. The minimum Gasteiger partial charge on any atom is -0.544 e. The van der Waals surface area contributed by atoms with Crippen molar-refractivity contribution >= 4 is 34.8 Å². The molecule has 0 saturated carbocycles. The Morgan fingerprint density at radius 1 is 1.71 bits per heavy atom. The number of carboxylic acids is 1. The average molecular weight is 236 g/mol. The maximum Gasteiger partial charge on any atom is 1.00 e. The summed E-state index contributed by atoms with van der Waals surface area (Å²) in [5.74, 6) is -1.33. The Hall–Kier alpha value is -0.190. The van der Waals surface area contributed by atoms with Crippen molar-refractivity contribution in [2.24, 2.45) is 0 Å². The molecule has 0 aliphatic carbocycles. The maximum absolute atomic E-state index is 10.5. The van der Waals surface area contributed by atoms with Crippen molar-refractivity contribution in [2.75, 3.05) is 12.0 Å². The van der Waals surface area contributed by atoms with E-state index in [9.17, 15) is 9.90 Å². The predicted octanol–water partition coefficient (Wildman–Crippen LogP) is -2.71. The number of nitrogens with two attached hydrogens (primary N) is 1. The molecular formula is C7H5N2NaO2S2. The van der Waals surface area contributed by atoms with Gasteiger partial charge in [0.25, 0.3) is 0 Å². The van der Waals surface area contributed by atoms with E-state index in [0.29, 0.717) is 4.21 Å². The molecule has 0 aliphatic heterocycles. The van der Waals surface area contributed by atoms with Gasteiger partial charge in [0.05, 0.1) is 20.7 Å². The first-order chi connectivity index (χ1) is 6.11. The first-order valence-corrected chi connectivity index (χ1v) is 5.23. The van der Waals surface area contributed by atoms with Crippen LogP contribution in [0, 0.1) is 11.3 Å². The van der Waals surface area contributed by atoms with E-state index in [0.717, 1.165) is 11.3 Å². The number of hydrogen-bond donors (Lipinski definition) is 1. The summed E-state index contributed by atoms with van der Waals surface area (Å²) in [5.41, 5.74) is 5.69. The van der Waals surface area contributed by atoms with Gasteiger partial charge in [0, 0.05) is 0 Å². The number of carboxylic acid groups (broad SMARTS) is 1. The monoisotopic (exact) mass is 236 g/mol. The number of carbonyl (C=O) groups excluding carboxylic acids is 1. The summed E-state index contributed by atoms with van der Waals surface area (Å²) in [5, 5.41) is 19.2. The molecule has 0 atom stereocenters. The number of thiophene rings is 1. The third-order valence-corrected chi connectivity index (χ3v) is 3.70. The van der Waals surface area contributed by atoms with Crippen molar-refractivity contribution in [2.45, 2.75) is 4.21 Å². The Balaban J connectivity index is 0.00000169. The molecule has 0 saturated heterocycles. The van der Waals surface area contributed by atoms with Crippen LogP contribution in [-0.4, -0.2) is 12.2 Å². The van der Waals surface area contributed by atoms with Crippen LogP contribution in [0.2, 0.25) is 0 Å². The Bertz CT molecular complexity index is 397. The van der Waals surface area contributed by atoms with E-state index in [-0.39, 0.29) is 45.7 Å². The van der Waals surface area contributed by atoms with Crippen LogP contribution >= 0.6 is 23.1 Å². The molecule has 0 amide bonds. The zero-order valence-corrected chi connectivity index (χ0v) is 11.3. The minimum atomic E-state index is -1.33. The maximum atomic E-state index is 10.5. The van der Waals surface area contributed by atoms with Crippen LogP contribution in [0.5, 0.6) is 0 Å². The normalized spacial score (nSPS) is 8.86. The van der Waals surface area contributed by atoms with Gasteiger partial charge in [0.2, 0.25) is 0 Å². The van der Waals surface area contributed by atoms with E-state index in [2.05, 4.69) is 0 Å². The van der Waals surface area contributed by atoms with Crippen LogP contribution < -0.4 is 40.4 Å². The number of aromatic carboxylic acids is 1. The molecule has 0 spiro atoms. The summed E-state index contributed by atoms with van der Waals surface area (Å²) in [6.45, 7) is 0. The second-order valence-electron chi connectivity index (χ2n) is 2.11. The summed E-state index contributed by atoms with van der Waals surface area (Å²) >= 11 is 2.27. The van der Waals surface area contributed by atoms with Crippen molar-refractivity contribution in [1.82, 2.24) is 0 Å². The van der Waals surface area contributed by atoms with Crippen LogP contribution in [0.4, 0.5) is 5.69 Å². The van der Waals surface area contributed by atoms with Gasteiger partial charge in [-0.05, 0) is 6.26 Å². The number of anilines is 1. The average Bonchev–Trinajstić information content (AvgIpc) is 2.41. The van der Waals surface area contributed by atoms with Gasteiger partial charge in [-0.25, -0.2) is 0 Å². The summed E-state index contributed by atoms with van der Waals surface area (Å²) < 4.78 is 0.610. The zero-order chi connectivity index (χ0) is 10.0. The third-order valence-electron chi connectivity index (χ3n) is 1.40. The van der Waals surface area contributed by atoms with E-state index < -0.39 is 5.97 Å². The van der Waals surface area contributed by atoms with Crippen LogP contribution in [0.3, 0.4) is 0 Å². The van der Waals surface area contributed by atoms with E-state index in [4.69, 9.17) is 11.0 Å². The van der Waals surface area contributed by atoms with Gasteiger partial charge in [-0.2, -0.15) is 5.26 Å². The van der Waals surface area contributed by atoms with E-state index in [1.807, 2.05) is 6.07 Å². The molecule has 14 heavy (non-hydrogen) atoms. The second-order valence-corrected chi connectivity index (χ2v) is 4.21. The fourth-order valence-electron chi connectivity index (χ4n) is 0.823. The first-order valence-electron chi connectivity index (χ1n) is 3.19. The van der Waals surface area contributed by atoms with Gasteiger partial charge >= 0.3 is 29.6 Å². The molecule has 0 aliphatic rings. The first kappa shape index (κ1) is 13.8. The van der Waals surface area contributed by atoms with Crippen LogP contribution in [0.25, 0.3) is 0 Å². The molecule has 68 valence electrons. The van der Waals surface area contributed by atoms with Crippen LogP contribution in [-0.2, 0) is 0 Å². The molecule has 0 bridgehead atoms. The zero-order valence-electron chi connectivity index (χ0n) is 7.66. The summed E-state index contributed by atoms with van der Waals surface area (Å²) in [6.07, 6.45) is 1.76. The van der Waals surface area contributed by atoms with E-state index >= 15 is 0 Å². The van der Waals surface area contributed by atoms with Gasteiger partial charge in [0.15, 0.2) is 0 Å². The number of rotatable bonds is 2. The van der Waals surface area contributed by atoms with Gasteiger partial charge in [-0.15, -0.1) is 23.1 Å². The fraction of sp³-hybridized carbons (Fsp3) is 0.143. The largest absolute Gasteiger partial charge is 1.00 e. The molecule has 1 aromatic heterocycles. The van der Waals surface area contributed by atoms with Crippen molar-refractivity contribution in [3.8, 4) is 6.07 Å². The third kappa shape index (κ3) is 2.43. The topological polar surface area (TPSA) is 89.9 Å². The van der Waals surface area contributed by atoms with E-state index in [1.54, 1.807) is 6.26 Å².